The Balaban J connectivity index is 1.60. The molecule has 3 rings (SSSR count). The lowest BCUT2D eigenvalue weighted by Gasteiger charge is -2.16. The number of amides is 2. The lowest BCUT2D eigenvalue weighted by Crippen LogP contribution is -2.30. The summed E-state index contributed by atoms with van der Waals surface area (Å²) in [6.45, 7) is 2.24. The molecule has 0 spiro atoms. The fraction of sp³-hybridized carbons (Fsp3) is 0.235. The third-order valence-electron chi connectivity index (χ3n) is 3.89. The molecule has 7 heteroatoms. The molecule has 0 radical (unpaired) electrons. The minimum absolute atomic E-state index is 0.122. The second-order valence-electron chi connectivity index (χ2n) is 5.58. The molecule has 5 nitrogen and oxygen atoms in total. The average molecular weight is 345 g/mol. The summed E-state index contributed by atoms with van der Waals surface area (Å²) in [5.74, 6) is -1.28. The lowest BCUT2D eigenvalue weighted by molar-refractivity contribution is -0.126. The van der Waals surface area contributed by atoms with Crippen LogP contribution in [0, 0.1) is 18.7 Å². The molecule has 0 saturated carbocycles. The minimum Gasteiger partial charge on any atom is -0.312 e. The second-order valence-corrected chi connectivity index (χ2v) is 6.53. The molecule has 0 aliphatic carbocycles. The van der Waals surface area contributed by atoms with Crippen LogP contribution in [0.2, 0.25) is 0 Å². The number of hydrazone groups is 1. The van der Waals surface area contributed by atoms with Crippen molar-refractivity contribution in [3.8, 4) is 0 Å². The molecule has 2 aromatic rings. The van der Waals surface area contributed by atoms with Crippen molar-refractivity contribution >= 4 is 35.1 Å². The molecule has 0 bridgehead atoms. The van der Waals surface area contributed by atoms with E-state index in [-0.39, 0.29) is 30.6 Å². The van der Waals surface area contributed by atoms with Crippen LogP contribution in [0.4, 0.5) is 10.1 Å². The number of hydrogen-bond acceptors (Lipinski definition) is 4. The van der Waals surface area contributed by atoms with E-state index in [9.17, 15) is 14.0 Å². The number of carbonyl (C=O) groups is 2. The van der Waals surface area contributed by atoms with Gasteiger partial charge in [0.25, 0.3) is 0 Å². The summed E-state index contributed by atoms with van der Waals surface area (Å²) in [6.07, 6.45) is 1.73. The molecule has 1 atom stereocenters. The van der Waals surface area contributed by atoms with E-state index >= 15 is 0 Å². The number of hydrogen-bond donors (Lipinski definition) is 1. The van der Waals surface area contributed by atoms with Crippen LogP contribution in [0.1, 0.15) is 16.9 Å². The van der Waals surface area contributed by atoms with Crippen molar-refractivity contribution in [3.63, 3.8) is 0 Å². The summed E-state index contributed by atoms with van der Waals surface area (Å²) in [6, 6.07) is 7.63. The van der Waals surface area contributed by atoms with Crippen LogP contribution in [0.3, 0.4) is 0 Å². The Morgan fingerprint density at radius 2 is 2.12 bits per heavy atom. The number of carbonyl (C=O) groups excluding carboxylic acids is 2. The quantitative estimate of drug-likeness (QED) is 0.684. The van der Waals surface area contributed by atoms with Crippen molar-refractivity contribution in [1.29, 1.82) is 0 Å². The lowest BCUT2D eigenvalue weighted by atomic mass is 10.1. The molecule has 2 heterocycles. The van der Waals surface area contributed by atoms with Gasteiger partial charge in [-0.05, 0) is 48.2 Å². The largest absolute Gasteiger partial charge is 0.312 e. The predicted octanol–water partition coefficient (Wildman–Crippen LogP) is 2.70. The molecule has 1 aliphatic heterocycles. The Morgan fingerprint density at radius 1 is 1.38 bits per heavy atom. The SMILES string of the molecule is Cc1ccsc1/C=N\NC(=O)[C@H]1CC(=O)N(c2ccc(F)cc2)C1. The zero-order valence-electron chi connectivity index (χ0n) is 13.0. The Morgan fingerprint density at radius 3 is 2.79 bits per heavy atom. The molecular formula is C17H16FN3O2S. The van der Waals surface area contributed by atoms with E-state index in [1.165, 1.54) is 40.5 Å². The fourth-order valence-corrected chi connectivity index (χ4v) is 3.30. The van der Waals surface area contributed by atoms with Gasteiger partial charge in [0.05, 0.1) is 12.1 Å². The molecule has 1 fully saturated rings. The highest BCUT2D eigenvalue weighted by molar-refractivity contribution is 7.11. The zero-order chi connectivity index (χ0) is 17.1. The highest BCUT2D eigenvalue weighted by atomic mass is 32.1. The number of nitrogens with zero attached hydrogens (tertiary/aromatic N) is 2. The Hall–Kier alpha value is -2.54. The van der Waals surface area contributed by atoms with Gasteiger partial charge >= 0.3 is 0 Å². The number of aryl methyl sites for hydroxylation is 1. The Labute approximate surface area is 142 Å². The first-order chi connectivity index (χ1) is 11.5. The van der Waals surface area contributed by atoms with E-state index in [2.05, 4.69) is 10.5 Å². The standard InChI is InChI=1S/C17H16FN3O2S/c1-11-6-7-24-15(11)9-19-20-17(23)12-8-16(22)21(10-12)14-4-2-13(18)3-5-14/h2-7,9,12H,8,10H2,1H3,(H,20,23)/b19-9-/t12-/m0/s1. The first-order valence-electron chi connectivity index (χ1n) is 7.47. The molecule has 1 aromatic carbocycles. The smallest absolute Gasteiger partial charge is 0.245 e. The highest BCUT2D eigenvalue weighted by Gasteiger charge is 2.35. The molecule has 1 N–H and O–H groups in total. The van der Waals surface area contributed by atoms with Gasteiger partial charge in [-0.15, -0.1) is 11.3 Å². The van der Waals surface area contributed by atoms with Crippen LogP contribution in [0.15, 0.2) is 40.8 Å². The third kappa shape index (κ3) is 3.51. The Kier molecular flexibility index (Phi) is 4.71. The summed E-state index contributed by atoms with van der Waals surface area (Å²) in [4.78, 5) is 26.7. The summed E-state index contributed by atoms with van der Waals surface area (Å²) < 4.78 is 13.0. The molecule has 124 valence electrons. The summed E-state index contributed by atoms with van der Waals surface area (Å²) >= 11 is 1.54. The number of thiophene rings is 1. The third-order valence-corrected chi connectivity index (χ3v) is 4.85. The van der Waals surface area contributed by atoms with Gasteiger partial charge in [-0.3, -0.25) is 9.59 Å². The number of benzene rings is 1. The van der Waals surface area contributed by atoms with Gasteiger partial charge in [-0.1, -0.05) is 0 Å². The number of anilines is 1. The maximum atomic E-state index is 13.0. The van der Waals surface area contributed by atoms with E-state index in [1.54, 1.807) is 6.21 Å². The van der Waals surface area contributed by atoms with Gasteiger partial charge in [0.2, 0.25) is 11.8 Å². The van der Waals surface area contributed by atoms with E-state index in [0.29, 0.717) is 5.69 Å². The van der Waals surface area contributed by atoms with Gasteiger partial charge in [-0.25, -0.2) is 9.82 Å². The Bertz CT molecular complexity index is 785. The summed E-state index contributed by atoms with van der Waals surface area (Å²) in [5, 5.41) is 5.91. The molecule has 24 heavy (non-hydrogen) atoms. The number of halogens is 1. The predicted molar refractivity (Wildman–Crippen MR) is 91.7 cm³/mol. The molecule has 2 amide bonds. The average Bonchev–Trinajstić information content (AvgIpc) is 3.14. The summed E-state index contributed by atoms with van der Waals surface area (Å²) in [5.41, 5.74) is 4.18. The zero-order valence-corrected chi connectivity index (χ0v) is 13.8. The molecular weight excluding hydrogens is 329 g/mol. The van der Waals surface area contributed by atoms with Crippen LogP contribution in [-0.4, -0.2) is 24.6 Å². The van der Waals surface area contributed by atoms with E-state index < -0.39 is 5.92 Å². The highest BCUT2D eigenvalue weighted by Crippen LogP contribution is 2.25. The van der Waals surface area contributed by atoms with Crippen molar-refractivity contribution in [2.45, 2.75) is 13.3 Å². The van der Waals surface area contributed by atoms with E-state index in [4.69, 9.17) is 0 Å². The van der Waals surface area contributed by atoms with Gasteiger partial charge in [0.15, 0.2) is 0 Å². The molecule has 0 unspecified atom stereocenters. The summed E-state index contributed by atoms with van der Waals surface area (Å²) in [7, 11) is 0. The normalized spacial score (nSPS) is 17.7. The van der Waals surface area contributed by atoms with Crippen molar-refractivity contribution in [2.24, 2.45) is 11.0 Å². The maximum Gasteiger partial charge on any atom is 0.245 e. The molecule has 1 saturated heterocycles. The first kappa shape index (κ1) is 16.3. The van der Waals surface area contributed by atoms with Crippen molar-refractivity contribution < 1.29 is 14.0 Å². The van der Waals surface area contributed by atoms with Crippen LogP contribution < -0.4 is 10.3 Å². The first-order valence-corrected chi connectivity index (χ1v) is 8.35. The van der Waals surface area contributed by atoms with Crippen LogP contribution in [-0.2, 0) is 9.59 Å². The van der Waals surface area contributed by atoms with Crippen LogP contribution in [0.25, 0.3) is 0 Å². The number of nitrogens with one attached hydrogen (secondary N) is 1. The van der Waals surface area contributed by atoms with Crippen molar-refractivity contribution in [3.05, 3.63) is 52.0 Å². The van der Waals surface area contributed by atoms with E-state index in [1.807, 2.05) is 18.4 Å². The number of rotatable bonds is 4. The molecule has 1 aromatic heterocycles. The maximum absolute atomic E-state index is 13.0. The van der Waals surface area contributed by atoms with Crippen molar-refractivity contribution in [1.82, 2.24) is 5.43 Å². The van der Waals surface area contributed by atoms with Gasteiger partial charge in [-0.2, -0.15) is 5.10 Å². The van der Waals surface area contributed by atoms with Gasteiger partial charge in [0.1, 0.15) is 5.82 Å². The van der Waals surface area contributed by atoms with Crippen molar-refractivity contribution in [2.75, 3.05) is 11.4 Å². The fourth-order valence-electron chi connectivity index (χ4n) is 2.52. The monoisotopic (exact) mass is 345 g/mol. The van der Waals surface area contributed by atoms with Gasteiger partial charge in [0, 0.05) is 23.5 Å². The molecule has 1 aliphatic rings. The topological polar surface area (TPSA) is 61.8 Å². The second kappa shape index (κ2) is 6.92. The van der Waals surface area contributed by atoms with Crippen LogP contribution in [0.5, 0.6) is 0 Å². The van der Waals surface area contributed by atoms with Gasteiger partial charge < -0.3 is 4.90 Å². The van der Waals surface area contributed by atoms with Crippen LogP contribution >= 0.6 is 11.3 Å². The van der Waals surface area contributed by atoms with E-state index in [0.717, 1.165) is 10.4 Å². The minimum atomic E-state index is -0.468.